The van der Waals surface area contributed by atoms with Gasteiger partial charge in [-0.2, -0.15) is 9.61 Å². The predicted octanol–water partition coefficient (Wildman–Crippen LogP) is 5.22. The van der Waals surface area contributed by atoms with Crippen LogP contribution in [0.5, 0.6) is 0 Å². The van der Waals surface area contributed by atoms with Gasteiger partial charge in [-0.1, -0.05) is 54.6 Å². The molecular weight excluding hydrogens is 450 g/mol. The Hall–Kier alpha value is -4.10. The first kappa shape index (κ1) is 22.4. The summed E-state index contributed by atoms with van der Waals surface area (Å²) in [4.78, 5) is 23.3. The summed E-state index contributed by atoms with van der Waals surface area (Å²) in [6.45, 7) is 4.41. The van der Waals surface area contributed by atoms with Crippen molar-refractivity contribution in [2.24, 2.45) is 5.92 Å². The highest BCUT2D eigenvalue weighted by Crippen LogP contribution is 2.33. The van der Waals surface area contributed by atoms with Crippen LogP contribution in [0.2, 0.25) is 0 Å². The van der Waals surface area contributed by atoms with Gasteiger partial charge in [0, 0.05) is 35.3 Å². The number of nitrogens with zero attached hydrogens (tertiary/aromatic N) is 5. The number of piperidine rings is 1. The number of carbonyl (C=O) groups is 1. The lowest BCUT2D eigenvalue weighted by Gasteiger charge is -2.30. The van der Waals surface area contributed by atoms with Crippen molar-refractivity contribution in [3.63, 3.8) is 0 Å². The molecule has 0 saturated carbocycles. The first-order chi connectivity index (χ1) is 17.5. The summed E-state index contributed by atoms with van der Waals surface area (Å²) in [6, 6.07) is 23.0. The second kappa shape index (κ2) is 9.17. The fourth-order valence-electron chi connectivity index (χ4n) is 5.08. The van der Waals surface area contributed by atoms with Gasteiger partial charge in [0.1, 0.15) is 0 Å². The van der Waals surface area contributed by atoms with Gasteiger partial charge in [0.05, 0.1) is 17.3 Å². The highest BCUT2D eigenvalue weighted by atomic mass is 16.4. The van der Waals surface area contributed by atoms with E-state index in [1.54, 1.807) is 0 Å². The van der Waals surface area contributed by atoms with E-state index in [2.05, 4.69) is 57.4 Å². The van der Waals surface area contributed by atoms with Crippen LogP contribution < -0.4 is 0 Å². The number of likely N-dealkylation sites (tertiary alicyclic amines) is 1. The van der Waals surface area contributed by atoms with Crippen molar-refractivity contribution in [1.82, 2.24) is 24.5 Å². The van der Waals surface area contributed by atoms with Crippen LogP contribution in [0.1, 0.15) is 24.1 Å². The highest BCUT2D eigenvalue weighted by Gasteiger charge is 2.24. The Morgan fingerprint density at radius 1 is 1.00 bits per heavy atom. The van der Waals surface area contributed by atoms with Crippen LogP contribution in [0.25, 0.3) is 39.1 Å². The van der Waals surface area contributed by atoms with Crippen molar-refractivity contribution in [1.29, 1.82) is 0 Å². The highest BCUT2D eigenvalue weighted by molar-refractivity contribution is 5.90. The smallest absolute Gasteiger partial charge is 0.306 e. The molecule has 0 radical (unpaired) electrons. The third kappa shape index (κ3) is 4.22. The second-order valence-corrected chi connectivity index (χ2v) is 9.56. The van der Waals surface area contributed by atoms with Crippen LogP contribution >= 0.6 is 0 Å². The zero-order valence-corrected chi connectivity index (χ0v) is 20.1. The number of rotatable bonds is 5. The topological polar surface area (TPSA) is 83.6 Å². The van der Waals surface area contributed by atoms with Crippen molar-refractivity contribution in [2.75, 3.05) is 13.1 Å². The van der Waals surface area contributed by atoms with Gasteiger partial charge in [-0.15, -0.1) is 0 Å². The van der Waals surface area contributed by atoms with Gasteiger partial charge in [-0.25, -0.2) is 9.97 Å². The number of pyridine rings is 1. The summed E-state index contributed by atoms with van der Waals surface area (Å²) in [5.41, 5.74) is 7.79. The minimum absolute atomic E-state index is 0.209. The zero-order chi connectivity index (χ0) is 24.6. The van der Waals surface area contributed by atoms with Crippen molar-refractivity contribution in [3.05, 3.63) is 84.2 Å². The van der Waals surface area contributed by atoms with E-state index in [-0.39, 0.29) is 5.92 Å². The van der Waals surface area contributed by atoms with E-state index >= 15 is 0 Å². The number of hydrogen-bond donors (Lipinski definition) is 1. The Labute approximate surface area is 209 Å². The monoisotopic (exact) mass is 477 g/mol. The standard InChI is InChI=1S/C29H27N5O2/c1-19-15-26-30-17-24-16-25(21-5-3-2-4-6-21)27(31-28(24)34(26)32-19)22-9-7-20(8-10-22)18-33-13-11-23(12-14-33)29(35)36/h2-10,15-17,23H,11-14,18H2,1H3,(H,35,36). The van der Waals surface area contributed by atoms with Gasteiger partial charge in [0.2, 0.25) is 0 Å². The van der Waals surface area contributed by atoms with Gasteiger partial charge >= 0.3 is 5.97 Å². The molecule has 3 aromatic heterocycles. The Balaban J connectivity index is 1.37. The van der Waals surface area contributed by atoms with Crippen LogP contribution in [-0.2, 0) is 11.3 Å². The number of aromatic nitrogens is 4. The van der Waals surface area contributed by atoms with E-state index in [9.17, 15) is 9.90 Å². The molecule has 1 saturated heterocycles. The number of fused-ring (bicyclic) bond motifs is 3. The summed E-state index contributed by atoms with van der Waals surface area (Å²) in [7, 11) is 0. The van der Waals surface area contributed by atoms with E-state index in [1.165, 1.54) is 5.56 Å². The van der Waals surface area contributed by atoms with Crippen molar-refractivity contribution >= 4 is 22.6 Å². The lowest BCUT2D eigenvalue weighted by molar-refractivity contribution is -0.143. The largest absolute Gasteiger partial charge is 0.481 e. The lowest BCUT2D eigenvalue weighted by atomic mass is 9.96. The Morgan fingerprint density at radius 2 is 1.75 bits per heavy atom. The van der Waals surface area contributed by atoms with Crippen LogP contribution in [0.3, 0.4) is 0 Å². The van der Waals surface area contributed by atoms with Crippen LogP contribution in [0.15, 0.2) is 72.9 Å². The Kier molecular flexibility index (Phi) is 5.70. The molecule has 4 heterocycles. The SMILES string of the molecule is Cc1cc2ncc3cc(-c4ccccc4)c(-c4ccc(CN5CCC(C(=O)O)CC5)cc4)nc3n2n1. The molecule has 0 atom stereocenters. The minimum atomic E-state index is -0.672. The summed E-state index contributed by atoms with van der Waals surface area (Å²) in [6.07, 6.45) is 3.29. The lowest BCUT2D eigenvalue weighted by Crippen LogP contribution is -2.35. The summed E-state index contributed by atoms with van der Waals surface area (Å²) < 4.78 is 1.82. The summed E-state index contributed by atoms with van der Waals surface area (Å²) >= 11 is 0. The number of benzene rings is 2. The minimum Gasteiger partial charge on any atom is -0.481 e. The molecule has 7 nitrogen and oxygen atoms in total. The second-order valence-electron chi connectivity index (χ2n) is 9.56. The molecule has 0 amide bonds. The quantitative estimate of drug-likeness (QED) is 0.374. The molecular formula is C29H27N5O2. The maximum Gasteiger partial charge on any atom is 0.306 e. The van der Waals surface area contributed by atoms with Crippen molar-refractivity contribution in [2.45, 2.75) is 26.3 Å². The van der Waals surface area contributed by atoms with Crippen LogP contribution in [0.4, 0.5) is 0 Å². The summed E-state index contributed by atoms with van der Waals surface area (Å²) in [5, 5.41) is 14.8. The van der Waals surface area contributed by atoms with Gasteiger partial charge in [0.25, 0.3) is 0 Å². The average molecular weight is 478 g/mol. The van der Waals surface area contributed by atoms with E-state index in [0.29, 0.717) is 12.8 Å². The molecule has 1 fully saturated rings. The molecule has 0 bridgehead atoms. The van der Waals surface area contributed by atoms with Gasteiger partial charge in [0.15, 0.2) is 11.3 Å². The normalized spacial score (nSPS) is 15.0. The van der Waals surface area contributed by atoms with Gasteiger partial charge in [-0.3, -0.25) is 9.69 Å². The maximum absolute atomic E-state index is 11.2. The molecule has 0 aliphatic carbocycles. The van der Waals surface area contributed by atoms with E-state index < -0.39 is 5.97 Å². The Bertz CT molecular complexity index is 1550. The van der Waals surface area contributed by atoms with E-state index in [4.69, 9.17) is 4.98 Å². The molecule has 2 aromatic carbocycles. The molecule has 0 unspecified atom stereocenters. The number of hydrogen-bond acceptors (Lipinski definition) is 5. The fourth-order valence-corrected chi connectivity index (χ4v) is 5.08. The maximum atomic E-state index is 11.2. The first-order valence-electron chi connectivity index (χ1n) is 12.3. The summed E-state index contributed by atoms with van der Waals surface area (Å²) in [5.74, 6) is -0.881. The van der Waals surface area contributed by atoms with E-state index in [1.807, 2.05) is 41.9 Å². The van der Waals surface area contributed by atoms with Gasteiger partial charge in [-0.05, 0) is 50.0 Å². The van der Waals surface area contributed by atoms with Gasteiger partial charge < -0.3 is 5.11 Å². The zero-order valence-electron chi connectivity index (χ0n) is 20.1. The predicted molar refractivity (Wildman–Crippen MR) is 140 cm³/mol. The molecule has 180 valence electrons. The number of aryl methyl sites for hydroxylation is 1. The molecule has 1 aliphatic rings. The third-order valence-electron chi connectivity index (χ3n) is 7.04. The van der Waals surface area contributed by atoms with Crippen LogP contribution in [-0.4, -0.2) is 48.6 Å². The van der Waals surface area contributed by atoms with E-state index in [0.717, 1.165) is 64.4 Å². The third-order valence-corrected chi connectivity index (χ3v) is 7.04. The molecule has 36 heavy (non-hydrogen) atoms. The first-order valence-corrected chi connectivity index (χ1v) is 12.3. The molecule has 1 N–H and O–H groups in total. The Morgan fingerprint density at radius 3 is 2.47 bits per heavy atom. The number of aliphatic carboxylic acids is 1. The molecule has 7 heteroatoms. The molecule has 5 aromatic rings. The van der Waals surface area contributed by atoms with Crippen molar-refractivity contribution in [3.8, 4) is 22.4 Å². The van der Waals surface area contributed by atoms with Crippen LogP contribution in [0, 0.1) is 12.8 Å². The van der Waals surface area contributed by atoms with Crippen molar-refractivity contribution < 1.29 is 9.90 Å². The average Bonchev–Trinajstić information content (AvgIpc) is 3.30. The number of carboxylic acid groups (broad SMARTS) is 1. The molecule has 6 rings (SSSR count). The molecule has 1 aliphatic heterocycles. The fraction of sp³-hybridized carbons (Fsp3) is 0.241. The molecule has 0 spiro atoms. The number of carboxylic acids is 1.